The van der Waals surface area contributed by atoms with Gasteiger partial charge in [-0.15, -0.1) is 0 Å². The first-order valence-electron chi connectivity index (χ1n) is 7.90. The third-order valence-electron chi connectivity index (χ3n) is 4.29. The first-order valence-corrected chi connectivity index (χ1v) is 7.90. The number of hydrogen-bond acceptors (Lipinski definition) is 1. The quantitative estimate of drug-likeness (QED) is 0.705. The van der Waals surface area contributed by atoms with Crippen molar-refractivity contribution < 1.29 is 0 Å². The van der Waals surface area contributed by atoms with Gasteiger partial charge in [-0.2, -0.15) is 0 Å². The molecule has 0 unspecified atom stereocenters. The molecular formula is C20H27N. The third kappa shape index (κ3) is 3.95. The normalized spacial score (nSPS) is 17.5. The van der Waals surface area contributed by atoms with E-state index < -0.39 is 0 Å². The zero-order valence-electron chi connectivity index (χ0n) is 13.8. The molecule has 1 fully saturated rings. The highest BCUT2D eigenvalue weighted by Crippen LogP contribution is 2.33. The molecule has 0 spiro atoms. The van der Waals surface area contributed by atoms with E-state index in [1.165, 1.54) is 48.2 Å². The van der Waals surface area contributed by atoms with Crippen molar-refractivity contribution in [2.75, 3.05) is 20.1 Å². The van der Waals surface area contributed by atoms with E-state index >= 15 is 0 Å². The fourth-order valence-electron chi connectivity index (χ4n) is 3.00. The average molecular weight is 281 g/mol. The molecule has 0 N–H and O–H groups in total. The van der Waals surface area contributed by atoms with Crippen LogP contribution in [0.4, 0.5) is 0 Å². The third-order valence-corrected chi connectivity index (χ3v) is 4.29. The Morgan fingerprint density at radius 2 is 1.81 bits per heavy atom. The summed E-state index contributed by atoms with van der Waals surface area (Å²) < 4.78 is 0. The molecule has 1 aromatic rings. The number of likely N-dealkylation sites (tertiary alicyclic amines) is 1. The van der Waals surface area contributed by atoms with Gasteiger partial charge in [-0.1, -0.05) is 48.1 Å². The Balaban J connectivity index is 2.50. The van der Waals surface area contributed by atoms with Gasteiger partial charge < -0.3 is 4.90 Å². The Morgan fingerprint density at radius 1 is 1.14 bits per heavy atom. The van der Waals surface area contributed by atoms with Gasteiger partial charge in [-0.05, 0) is 62.9 Å². The topological polar surface area (TPSA) is 3.24 Å². The second-order valence-corrected chi connectivity index (χ2v) is 5.97. The van der Waals surface area contributed by atoms with Gasteiger partial charge >= 0.3 is 0 Å². The number of nitrogens with zero attached hydrogens (tertiary/aromatic N) is 1. The molecule has 21 heavy (non-hydrogen) atoms. The Kier molecular flexibility index (Phi) is 5.58. The highest BCUT2D eigenvalue weighted by molar-refractivity contribution is 5.82. The summed E-state index contributed by atoms with van der Waals surface area (Å²) in [5, 5.41) is 0. The van der Waals surface area contributed by atoms with E-state index in [0.29, 0.717) is 0 Å². The molecule has 0 radical (unpaired) electrons. The maximum absolute atomic E-state index is 2.42. The molecule has 0 aliphatic carbocycles. The van der Waals surface area contributed by atoms with Crippen molar-refractivity contribution in [3.8, 4) is 0 Å². The molecule has 1 aliphatic heterocycles. The van der Waals surface area contributed by atoms with Crippen molar-refractivity contribution in [1.82, 2.24) is 4.90 Å². The van der Waals surface area contributed by atoms with Crippen LogP contribution in [-0.2, 0) is 0 Å². The monoisotopic (exact) mass is 281 g/mol. The van der Waals surface area contributed by atoms with Crippen LogP contribution in [-0.4, -0.2) is 25.0 Å². The summed E-state index contributed by atoms with van der Waals surface area (Å²) in [7, 11) is 2.22. The van der Waals surface area contributed by atoms with Crippen LogP contribution in [0.5, 0.6) is 0 Å². The second-order valence-electron chi connectivity index (χ2n) is 5.97. The van der Waals surface area contributed by atoms with Gasteiger partial charge in [0.2, 0.25) is 0 Å². The van der Waals surface area contributed by atoms with Crippen LogP contribution in [0.25, 0.3) is 5.57 Å². The Morgan fingerprint density at radius 3 is 2.43 bits per heavy atom. The lowest BCUT2D eigenvalue weighted by molar-refractivity contribution is 0.313. The molecule has 0 aromatic heterocycles. The van der Waals surface area contributed by atoms with E-state index in [4.69, 9.17) is 0 Å². The minimum absolute atomic E-state index is 1.17. The van der Waals surface area contributed by atoms with Gasteiger partial charge in [-0.25, -0.2) is 0 Å². The van der Waals surface area contributed by atoms with Crippen LogP contribution < -0.4 is 0 Å². The molecule has 112 valence electrons. The minimum atomic E-state index is 1.17. The number of piperidine rings is 1. The summed E-state index contributed by atoms with van der Waals surface area (Å²) in [5.74, 6) is 0. The highest BCUT2D eigenvalue weighted by Gasteiger charge is 2.17. The van der Waals surface area contributed by atoms with Crippen molar-refractivity contribution in [3.05, 3.63) is 64.8 Å². The molecule has 1 nitrogen and oxygen atoms in total. The lowest BCUT2D eigenvalue weighted by Gasteiger charge is -2.27. The summed E-state index contributed by atoms with van der Waals surface area (Å²) in [6.07, 6.45) is 8.84. The van der Waals surface area contributed by atoms with Crippen molar-refractivity contribution in [1.29, 1.82) is 0 Å². The zero-order chi connectivity index (χ0) is 15.2. The molecule has 1 heteroatoms. The molecule has 1 aliphatic rings. The van der Waals surface area contributed by atoms with E-state index in [9.17, 15) is 0 Å². The first-order chi connectivity index (χ1) is 10.1. The molecule has 1 saturated heterocycles. The Hall–Kier alpha value is -1.60. The number of benzene rings is 1. The lowest BCUT2D eigenvalue weighted by atomic mass is 9.87. The molecule has 1 heterocycles. The molecular weight excluding hydrogens is 254 g/mol. The standard InChI is InChI=1S/C20H27N/c1-5-6-9-17(3)20(18-12-14-21(4)15-13-18)19-11-8-7-10-16(19)2/h5-11H,12-15H2,1-4H3/b6-5-,17-9+. The number of aryl methyl sites for hydroxylation is 1. The van der Waals surface area contributed by atoms with Crippen molar-refractivity contribution in [2.45, 2.75) is 33.6 Å². The van der Waals surface area contributed by atoms with Gasteiger partial charge in [-0.3, -0.25) is 0 Å². The van der Waals surface area contributed by atoms with E-state index in [1.54, 1.807) is 5.57 Å². The van der Waals surface area contributed by atoms with Gasteiger partial charge in [0.05, 0.1) is 0 Å². The predicted octanol–water partition coefficient (Wildman–Crippen LogP) is 5.00. The van der Waals surface area contributed by atoms with Gasteiger partial charge in [0.25, 0.3) is 0 Å². The van der Waals surface area contributed by atoms with Crippen LogP contribution in [0, 0.1) is 6.92 Å². The lowest BCUT2D eigenvalue weighted by Crippen LogP contribution is -2.27. The van der Waals surface area contributed by atoms with Gasteiger partial charge in [0, 0.05) is 13.1 Å². The highest BCUT2D eigenvalue weighted by atomic mass is 15.1. The van der Waals surface area contributed by atoms with Gasteiger partial charge in [0.1, 0.15) is 0 Å². The number of hydrogen-bond donors (Lipinski definition) is 0. The largest absolute Gasteiger partial charge is 0.306 e. The summed E-state index contributed by atoms with van der Waals surface area (Å²) >= 11 is 0. The molecule has 0 amide bonds. The van der Waals surface area contributed by atoms with Crippen LogP contribution >= 0.6 is 0 Å². The summed E-state index contributed by atoms with van der Waals surface area (Å²) in [5.41, 5.74) is 7.23. The van der Waals surface area contributed by atoms with Gasteiger partial charge in [0.15, 0.2) is 0 Å². The maximum Gasteiger partial charge on any atom is 0.00160 e. The Bertz CT molecular complexity index is 565. The first kappa shape index (κ1) is 15.8. The predicted molar refractivity (Wildman–Crippen MR) is 93.4 cm³/mol. The average Bonchev–Trinajstić information content (AvgIpc) is 2.49. The van der Waals surface area contributed by atoms with E-state index in [-0.39, 0.29) is 0 Å². The minimum Gasteiger partial charge on any atom is -0.306 e. The van der Waals surface area contributed by atoms with E-state index in [2.05, 4.69) is 75.2 Å². The smallest absolute Gasteiger partial charge is 0.00160 e. The summed E-state index contributed by atoms with van der Waals surface area (Å²) in [6, 6.07) is 8.76. The Labute approximate surface area is 129 Å². The SMILES string of the molecule is C/C=C\C=C(/C)C(=C1CCN(C)CC1)c1ccccc1C. The maximum atomic E-state index is 2.42. The fraction of sp³-hybridized carbons (Fsp3) is 0.400. The number of rotatable bonds is 3. The van der Waals surface area contributed by atoms with Crippen molar-refractivity contribution in [2.24, 2.45) is 0 Å². The molecule has 0 bridgehead atoms. The van der Waals surface area contributed by atoms with Crippen LogP contribution in [0.3, 0.4) is 0 Å². The van der Waals surface area contributed by atoms with Crippen LogP contribution in [0.1, 0.15) is 37.8 Å². The fourth-order valence-corrected chi connectivity index (χ4v) is 3.00. The van der Waals surface area contributed by atoms with Crippen molar-refractivity contribution >= 4 is 5.57 Å². The van der Waals surface area contributed by atoms with E-state index in [0.717, 1.165) is 0 Å². The summed E-state index contributed by atoms with van der Waals surface area (Å²) in [6.45, 7) is 8.87. The molecule has 2 rings (SSSR count). The van der Waals surface area contributed by atoms with Crippen molar-refractivity contribution in [3.63, 3.8) is 0 Å². The van der Waals surface area contributed by atoms with E-state index in [1.807, 2.05) is 0 Å². The van der Waals surface area contributed by atoms with Crippen LogP contribution in [0.2, 0.25) is 0 Å². The van der Waals surface area contributed by atoms with Crippen LogP contribution in [0.15, 0.2) is 53.6 Å². The zero-order valence-corrected chi connectivity index (χ0v) is 13.8. The molecule has 1 aromatic carbocycles. The molecule has 0 atom stereocenters. The second kappa shape index (κ2) is 7.42. The number of allylic oxidation sites excluding steroid dienone is 5. The molecule has 0 saturated carbocycles. The summed E-state index contributed by atoms with van der Waals surface area (Å²) in [4.78, 5) is 2.42.